The van der Waals surface area contributed by atoms with E-state index >= 15 is 0 Å². The summed E-state index contributed by atoms with van der Waals surface area (Å²) in [6.45, 7) is 7.46. The molecule has 0 saturated heterocycles. The Balaban J connectivity index is 1.25. The number of hydrogen-bond acceptors (Lipinski definition) is 6. The summed E-state index contributed by atoms with van der Waals surface area (Å²) in [7, 11) is 2.01. The Morgan fingerprint density at radius 3 is 2.41 bits per heavy atom. The van der Waals surface area contributed by atoms with E-state index in [4.69, 9.17) is 5.11 Å². The number of aliphatic hydroxyl groups excluding tert-OH is 1. The van der Waals surface area contributed by atoms with Crippen LogP contribution in [0.1, 0.15) is 37.0 Å². The zero-order valence-corrected chi connectivity index (χ0v) is 24.2. The van der Waals surface area contributed by atoms with Crippen LogP contribution in [0.3, 0.4) is 0 Å². The van der Waals surface area contributed by atoms with Crippen molar-refractivity contribution in [2.75, 3.05) is 32.0 Å². The fourth-order valence-corrected chi connectivity index (χ4v) is 6.43. The van der Waals surface area contributed by atoms with Crippen LogP contribution in [0, 0.1) is 12.8 Å². The Bertz CT molecular complexity index is 1250. The number of likely N-dealkylation sites (N-methyl/N-ethyl adjacent to an activating group) is 1. The van der Waals surface area contributed by atoms with Crippen molar-refractivity contribution in [3.63, 3.8) is 0 Å². The average Bonchev–Trinajstić information content (AvgIpc) is 3.28. The Morgan fingerprint density at radius 1 is 1.05 bits per heavy atom. The number of carbonyl (C=O) groups is 1. The van der Waals surface area contributed by atoms with Gasteiger partial charge < -0.3 is 20.8 Å². The molecule has 0 amide bonds. The van der Waals surface area contributed by atoms with Crippen molar-refractivity contribution in [1.29, 1.82) is 0 Å². The summed E-state index contributed by atoms with van der Waals surface area (Å²) in [4.78, 5) is 12.0. The molecule has 0 heterocycles. The largest absolute Gasteiger partial charge is 0.480 e. The third-order valence-corrected chi connectivity index (χ3v) is 8.23. The van der Waals surface area contributed by atoms with E-state index in [9.17, 15) is 9.90 Å². The van der Waals surface area contributed by atoms with Crippen molar-refractivity contribution in [2.24, 2.45) is 5.92 Å². The Labute approximate surface area is 237 Å². The molecule has 1 aliphatic rings. The predicted molar refractivity (Wildman–Crippen MR) is 161 cm³/mol. The van der Waals surface area contributed by atoms with E-state index < -0.39 is 12.1 Å². The number of fused-ring (bicyclic) bond motifs is 1. The molecule has 0 aromatic heterocycles. The maximum Gasteiger partial charge on any atom is 0.322 e. The first-order valence-corrected chi connectivity index (χ1v) is 14.4. The highest BCUT2D eigenvalue weighted by Gasteiger charge is 2.28. The van der Waals surface area contributed by atoms with E-state index in [-0.39, 0.29) is 12.1 Å². The predicted octanol–water partition coefficient (Wildman–Crippen LogP) is 5.63. The van der Waals surface area contributed by atoms with Crippen LogP contribution in [0.2, 0.25) is 0 Å². The number of carboxylic acid groups (broad SMARTS) is 1. The van der Waals surface area contributed by atoms with E-state index in [0.717, 1.165) is 46.5 Å². The van der Waals surface area contributed by atoms with Gasteiger partial charge in [0.25, 0.3) is 0 Å². The Kier molecular flexibility index (Phi) is 9.72. The minimum atomic E-state index is -0.882. The minimum Gasteiger partial charge on any atom is -0.480 e. The molecule has 0 saturated carbocycles. The number of β-amino-alcohol motifs (C(OH)–C–C–N with tert-alkyl or cyclic N) is 1. The first kappa shape index (κ1) is 29.2. The molecule has 208 valence electrons. The van der Waals surface area contributed by atoms with Gasteiger partial charge in [0.1, 0.15) is 6.54 Å². The van der Waals surface area contributed by atoms with Crippen LogP contribution in [0.25, 0.3) is 11.1 Å². The molecular weight excluding hydrogens is 506 g/mol. The highest BCUT2D eigenvalue weighted by Crippen LogP contribution is 2.32. The summed E-state index contributed by atoms with van der Waals surface area (Å²) in [5.74, 6) is -0.235. The lowest BCUT2D eigenvalue weighted by atomic mass is 9.88. The van der Waals surface area contributed by atoms with Crippen LogP contribution in [0.4, 0.5) is 5.69 Å². The smallest absolute Gasteiger partial charge is 0.322 e. The molecule has 7 heteroatoms. The van der Waals surface area contributed by atoms with Gasteiger partial charge in [0, 0.05) is 29.2 Å². The number of benzene rings is 3. The fourth-order valence-electron chi connectivity index (χ4n) is 5.51. The lowest BCUT2D eigenvalue weighted by Crippen LogP contribution is -2.46. The summed E-state index contributed by atoms with van der Waals surface area (Å²) in [5, 5.41) is 26.2. The quantitative estimate of drug-likeness (QED) is 0.206. The van der Waals surface area contributed by atoms with Gasteiger partial charge in [0.05, 0.1) is 6.10 Å². The first-order valence-electron chi connectivity index (χ1n) is 13.6. The van der Waals surface area contributed by atoms with Gasteiger partial charge in [-0.15, -0.1) is 0 Å². The van der Waals surface area contributed by atoms with Crippen molar-refractivity contribution < 1.29 is 15.0 Å². The zero-order valence-electron chi connectivity index (χ0n) is 23.4. The van der Waals surface area contributed by atoms with Crippen LogP contribution >= 0.6 is 11.9 Å². The Hall–Kier alpha value is -2.84. The summed E-state index contributed by atoms with van der Waals surface area (Å²) < 4.78 is 2.08. The number of rotatable bonds is 13. The molecule has 1 atom stereocenters. The van der Waals surface area contributed by atoms with Crippen LogP contribution in [0.5, 0.6) is 0 Å². The van der Waals surface area contributed by atoms with Gasteiger partial charge in [0.2, 0.25) is 0 Å². The summed E-state index contributed by atoms with van der Waals surface area (Å²) in [5.41, 5.74) is 6.94. The molecule has 6 nitrogen and oxygen atoms in total. The van der Waals surface area contributed by atoms with Gasteiger partial charge >= 0.3 is 5.97 Å². The van der Waals surface area contributed by atoms with Crippen molar-refractivity contribution in [3.8, 4) is 11.1 Å². The number of aryl methyl sites for hydroxylation is 1. The molecule has 0 aliphatic heterocycles. The molecule has 39 heavy (non-hydrogen) atoms. The fraction of sp³-hybridized carbons (Fsp3) is 0.406. The maximum absolute atomic E-state index is 10.9. The molecule has 0 unspecified atom stereocenters. The lowest BCUT2D eigenvalue weighted by molar-refractivity contribution is -0.134. The summed E-state index contributed by atoms with van der Waals surface area (Å²) >= 11 is 1.62. The van der Waals surface area contributed by atoms with Crippen molar-refractivity contribution in [2.45, 2.75) is 56.6 Å². The monoisotopic (exact) mass is 547 g/mol. The number of hydrogen-bond donors (Lipinski definition) is 4. The molecule has 0 spiro atoms. The van der Waals surface area contributed by atoms with E-state index in [1.807, 2.05) is 32.2 Å². The standard InChI is InChI=1S/C32H41N3O3S/c1-22-14-27(12-13-30(22)33-20-31(37)38)26-10-7-11-29(17-26)39-35(4)21-28(36)19-34-32(2,3)18-23-15-24-8-5-6-9-25(24)16-23/h5-14,17,23,28,33-34,36H,15-16,18-21H2,1-4H3,(H,37,38)/t28-/m1/s1. The number of nitrogens with zero attached hydrogens (tertiary/aromatic N) is 1. The van der Waals surface area contributed by atoms with E-state index in [0.29, 0.717) is 19.0 Å². The van der Waals surface area contributed by atoms with Crippen LogP contribution in [0.15, 0.2) is 71.6 Å². The second kappa shape index (κ2) is 13.0. The molecule has 3 aromatic carbocycles. The van der Waals surface area contributed by atoms with Crippen molar-refractivity contribution >= 4 is 23.6 Å². The average molecular weight is 548 g/mol. The second-order valence-corrected chi connectivity index (χ2v) is 12.6. The number of carboxylic acids is 1. The zero-order chi connectivity index (χ0) is 28.0. The third-order valence-electron chi connectivity index (χ3n) is 7.30. The maximum atomic E-state index is 10.9. The highest BCUT2D eigenvalue weighted by atomic mass is 32.2. The van der Waals surface area contributed by atoms with Gasteiger partial charge in [-0.2, -0.15) is 0 Å². The van der Waals surface area contributed by atoms with E-state index in [1.165, 1.54) is 11.1 Å². The van der Waals surface area contributed by atoms with Crippen molar-refractivity contribution in [3.05, 3.63) is 83.4 Å². The van der Waals surface area contributed by atoms with Crippen LogP contribution < -0.4 is 10.6 Å². The Morgan fingerprint density at radius 2 is 1.74 bits per heavy atom. The molecule has 0 radical (unpaired) electrons. The third kappa shape index (κ3) is 8.57. The summed E-state index contributed by atoms with van der Waals surface area (Å²) in [6, 6.07) is 23.1. The first-order chi connectivity index (χ1) is 18.6. The van der Waals surface area contributed by atoms with E-state index in [1.54, 1.807) is 11.9 Å². The topological polar surface area (TPSA) is 84.8 Å². The van der Waals surface area contributed by atoms with Crippen LogP contribution in [-0.4, -0.2) is 58.8 Å². The van der Waals surface area contributed by atoms with Crippen LogP contribution in [-0.2, 0) is 17.6 Å². The highest BCUT2D eigenvalue weighted by molar-refractivity contribution is 7.97. The van der Waals surface area contributed by atoms with Gasteiger partial charge in [0.15, 0.2) is 0 Å². The molecule has 0 bridgehead atoms. The molecule has 1 aliphatic carbocycles. The summed E-state index contributed by atoms with van der Waals surface area (Å²) in [6.07, 6.45) is 2.91. The second-order valence-electron chi connectivity index (χ2n) is 11.4. The van der Waals surface area contributed by atoms with Gasteiger partial charge in [-0.05, 0) is 117 Å². The molecule has 4 rings (SSSR count). The van der Waals surface area contributed by atoms with Gasteiger partial charge in [-0.3, -0.25) is 4.79 Å². The lowest BCUT2D eigenvalue weighted by Gasteiger charge is -2.31. The molecule has 0 fully saturated rings. The number of aliphatic hydroxyl groups is 1. The minimum absolute atomic E-state index is 0.0371. The SMILES string of the molecule is Cc1cc(-c2cccc(SN(C)C[C@H](O)CNC(C)(C)CC3Cc4ccccc4C3)c2)ccc1NCC(=O)O. The van der Waals surface area contributed by atoms with E-state index in [2.05, 4.69) is 77.3 Å². The normalized spacial score (nSPS) is 14.4. The van der Waals surface area contributed by atoms with Gasteiger partial charge in [-0.1, -0.05) is 42.5 Å². The molecule has 3 aromatic rings. The number of aliphatic carboxylic acids is 1. The van der Waals surface area contributed by atoms with Crippen molar-refractivity contribution in [1.82, 2.24) is 9.62 Å². The van der Waals surface area contributed by atoms with Gasteiger partial charge in [-0.25, -0.2) is 4.31 Å². The molecule has 4 N–H and O–H groups in total. The number of nitrogens with one attached hydrogen (secondary N) is 2. The number of anilines is 1. The molecular formula is C32H41N3O3S.